The Bertz CT molecular complexity index is 316. The van der Waals surface area contributed by atoms with E-state index in [1.54, 1.807) is 0 Å². The predicted molar refractivity (Wildman–Crippen MR) is 66.6 cm³/mol. The molecule has 0 radical (unpaired) electrons. The quantitative estimate of drug-likeness (QED) is 0.793. The van der Waals surface area contributed by atoms with Crippen LogP contribution in [0, 0.1) is 5.92 Å². The van der Waals surface area contributed by atoms with Crippen LogP contribution in [0.4, 0.5) is 11.4 Å². The Morgan fingerprint density at radius 1 is 1.27 bits per heavy atom. The summed E-state index contributed by atoms with van der Waals surface area (Å²) in [5.74, 6) is 1.00. The summed E-state index contributed by atoms with van der Waals surface area (Å²) in [4.78, 5) is 2.15. The summed E-state index contributed by atoms with van der Waals surface area (Å²) >= 11 is 0. The van der Waals surface area contributed by atoms with Crippen LogP contribution >= 0.6 is 0 Å². The number of hydrogen-bond acceptors (Lipinski definition) is 2. The van der Waals surface area contributed by atoms with E-state index in [0.29, 0.717) is 0 Å². The highest BCUT2D eigenvalue weighted by Gasteiger charge is 2.20. The summed E-state index contributed by atoms with van der Waals surface area (Å²) in [6.45, 7) is 1.11. The average Bonchev–Trinajstić information content (AvgIpc) is 3.02. The molecule has 1 aliphatic carbocycles. The third kappa shape index (κ3) is 2.88. The zero-order chi connectivity index (χ0) is 10.7. The molecule has 0 aromatic heterocycles. The molecule has 2 heteroatoms. The Hall–Kier alpha value is -1.18. The van der Waals surface area contributed by atoms with Gasteiger partial charge in [0.1, 0.15) is 0 Å². The minimum atomic E-state index is 1.00. The van der Waals surface area contributed by atoms with Gasteiger partial charge in [-0.25, -0.2) is 0 Å². The van der Waals surface area contributed by atoms with Crippen molar-refractivity contribution in [1.29, 1.82) is 0 Å². The molecule has 0 heterocycles. The van der Waals surface area contributed by atoms with Gasteiger partial charge in [-0.15, -0.1) is 0 Å². The van der Waals surface area contributed by atoms with E-state index in [0.717, 1.165) is 12.5 Å². The largest absolute Gasteiger partial charge is 0.383 e. The summed E-state index contributed by atoms with van der Waals surface area (Å²) < 4.78 is 0. The van der Waals surface area contributed by atoms with Gasteiger partial charge in [-0.05, 0) is 24.5 Å². The van der Waals surface area contributed by atoms with Crippen molar-refractivity contribution in [3.63, 3.8) is 0 Å². The van der Waals surface area contributed by atoms with Crippen molar-refractivity contribution in [1.82, 2.24) is 0 Å². The van der Waals surface area contributed by atoms with Crippen LogP contribution in [0.25, 0.3) is 0 Å². The maximum Gasteiger partial charge on any atom is 0.0596 e. The maximum absolute atomic E-state index is 3.52. The van der Waals surface area contributed by atoms with Crippen molar-refractivity contribution in [3.05, 3.63) is 24.3 Å². The molecule has 1 aromatic carbocycles. The highest BCUT2D eigenvalue weighted by Crippen LogP contribution is 2.32. The highest BCUT2D eigenvalue weighted by molar-refractivity contribution is 5.69. The molecule has 1 aromatic rings. The lowest BCUT2D eigenvalue weighted by Gasteiger charge is -2.18. The third-order valence-corrected chi connectivity index (χ3v) is 2.95. The second-order valence-corrected chi connectivity index (χ2v) is 4.57. The number of para-hydroxylation sites is 2. The summed E-state index contributed by atoms with van der Waals surface area (Å²) in [5, 5.41) is 3.52. The minimum absolute atomic E-state index is 1.00. The van der Waals surface area contributed by atoms with Crippen LogP contribution in [-0.4, -0.2) is 20.6 Å². The van der Waals surface area contributed by atoms with Gasteiger partial charge in [0.2, 0.25) is 0 Å². The fraction of sp³-hybridized carbons (Fsp3) is 0.538. The molecule has 0 unspecified atom stereocenters. The third-order valence-electron chi connectivity index (χ3n) is 2.95. The van der Waals surface area contributed by atoms with Gasteiger partial charge in [-0.1, -0.05) is 25.0 Å². The topological polar surface area (TPSA) is 15.3 Å². The van der Waals surface area contributed by atoms with Crippen LogP contribution in [-0.2, 0) is 0 Å². The van der Waals surface area contributed by atoms with E-state index in [9.17, 15) is 0 Å². The van der Waals surface area contributed by atoms with Gasteiger partial charge in [0.25, 0.3) is 0 Å². The first-order chi connectivity index (χ1) is 7.27. The van der Waals surface area contributed by atoms with Gasteiger partial charge in [0.05, 0.1) is 11.4 Å². The van der Waals surface area contributed by atoms with Crippen LogP contribution in [0.3, 0.4) is 0 Å². The van der Waals surface area contributed by atoms with E-state index >= 15 is 0 Å². The van der Waals surface area contributed by atoms with Crippen LogP contribution < -0.4 is 10.2 Å². The van der Waals surface area contributed by atoms with E-state index in [1.165, 1.54) is 30.6 Å². The lowest BCUT2D eigenvalue weighted by atomic mass is 10.2. The molecule has 1 aliphatic rings. The number of nitrogens with one attached hydrogen (secondary N) is 1. The smallest absolute Gasteiger partial charge is 0.0596 e. The van der Waals surface area contributed by atoms with Crippen LogP contribution in [0.1, 0.15) is 19.3 Å². The molecular formula is C13H20N2. The standard InChI is InChI=1S/C13H20N2/c1-15(2)13-6-4-3-5-12(13)14-10-9-11-7-8-11/h3-6,11,14H,7-10H2,1-2H3. The Morgan fingerprint density at radius 2 is 2.00 bits per heavy atom. The first-order valence-electron chi connectivity index (χ1n) is 5.77. The van der Waals surface area contributed by atoms with E-state index in [4.69, 9.17) is 0 Å². The molecule has 2 nitrogen and oxygen atoms in total. The molecule has 15 heavy (non-hydrogen) atoms. The second kappa shape index (κ2) is 4.56. The van der Waals surface area contributed by atoms with E-state index in [-0.39, 0.29) is 0 Å². The van der Waals surface area contributed by atoms with Crippen molar-refractivity contribution in [2.45, 2.75) is 19.3 Å². The second-order valence-electron chi connectivity index (χ2n) is 4.57. The summed E-state index contributed by atoms with van der Waals surface area (Å²) in [6.07, 6.45) is 4.20. The van der Waals surface area contributed by atoms with Gasteiger partial charge in [-0.2, -0.15) is 0 Å². The Balaban J connectivity index is 1.92. The number of rotatable bonds is 5. The maximum atomic E-state index is 3.52. The molecule has 1 N–H and O–H groups in total. The van der Waals surface area contributed by atoms with E-state index in [1.807, 2.05) is 0 Å². The van der Waals surface area contributed by atoms with Crippen LogP contribution in [0.2, 0.25) is 0 Å². The van der Waals surface area contributed by atoms with Gasteiger partial charge in [0.15, 0.2) is 0 Å². The normalized spacial score (nSPS) is 15.1. The highest BCUT2D eigenvalue weighted by atomic mass is 15.1. The van der Waals surface area contributed by atoms with Crippen molar-refractivity contribution in [2.24, 2.45) is 5.92 Å². The molecule has 1 fully saturated rings. The van der Waals surface area contributed by atoms with Crippen molar-refractivity contribution >= 4 is 11.4 Å². The molecule has 0 atom stereocenters. The number of hydrogen-bond donors (Lipinski definition) is 1. The van der Waals surface area contributed by atoms with Crippen molar-refractivity contribution in [2.75, 3.05) is 30.9 Å². The summed E-state index contributed by atoms with van der Waals surface area (Å²) in [6, 6.07) is 8.48. The average molecular weight is 204 g/mol. The molecule has 0 amide bonds. The minimum Gasteiger partial charge on any atom is -0.383 e. The predicted octanol–water partition coefficient (Wildman–Crippen LogP) is 2.96. The van der Waals surface area contributed by atoms with Gasteiger partial charge < -0.3 is 10.2 Å². The Labute approximate surface area is 92.3 Å². The fourth-order valence-electron chi connectivity index (χ4n) is 1.83. The van der Waals surface area contributed by atoms with E-state index in [2.05, 4.69) is 48.6 Å². The molecule has 0 saturated heterocycles. The Morgan fingerprint density at radius 3 is 2.67 bits per heavy atom. The summed E-state index contributed by atoms with van der Waals surface area (Å²) in [5.41, 5.74) is 2.52. The SMILES string of the molecule is CN(C)c1ccccc1NCCC1CC1. The van der Waals surface area contributed by atoms with Crippen molar-refractivity contribution in [3.8, 4) is 0 Å². The van der Waals surface area contributed by atoms with Gasteiger partial charge in [0, 0.05) is 20.6 Å². The zero-order valence-electron chi connectivity index (χ0n) is 9.66. The molecule has 0 bridgehead atoms. The van der Waals surface area contributed by atoms with Crippen LogP contribution in [0.15, 0.2) is 24.3 Å². The molecule has 82 valence electrons. The zero-order valence-corrected chi connectivity index (χ0v) is 9.66. The lowest BCUT2D eigenvalue weighted by Crippen LogP contribution is -2.12. The number of anilines is 2. The fourth-order valence-corrected chi connectivity index (χ4v) is 1.83. The Kier molecular flexibility index (Phi) is 3.14. The molecular weight excluding hydrogens is 184 g/mol. The van der Waals surface area contributed by atoms with Gasteiger partial charge in [-0.3, -0.25) is 0 Å². The van der Waals surface area contributed by atoms with Crippen molar-refractivity contribution < 1.29 is 0 Å². The van der Waals surface area contributed by atoms with E-state index < -0.39 is 0 Å². The molecule has 0 aliphatic heterocycles. The first kappa shape index (κ1) is 10.3. The first-order valence-corrected chi connectivity index (χ1v) is 5.77. The summed E-state index contributed by atoms with van der Waals surface area (Å²) in [7, 11) is 4.17. The molecule has 2 rings (SSSR count). The number of nitrogens with zero attached hydrogens (tertiary/aromatic N) is 1. The number of benzene rings is 1. The van der Waals surface area contributed by atoms with Gasteiger partial charge >= 0.3 is 0 Å². The lowest BCUT2D eigenvalue weighted by molar-refractivity contribution is 0.760. The van der Waals surface area contributed by atoms with Crippen LogP contribution in [0.5, 0.6) is 0 Å². The monoisotopic (exact) mass is 204 g/mol. The molecule has 1 saturated carbocycles. The molecule has 0 spiro atoms.